The van der Waals surface area contributed by atoms with Crippen LogP contribution in [0.2, 0.25) is 5.02 Å². The summed E-state index contributed by atoms with van der Waals surface area (Å²) >= 11 is 6.21. The maximum absolute atomic E-state index is 6.21. The van der Waals surface area contributed by atoms with Crippen LogP contribution < -0.4 is 10.1 Å². The minimum Gasteiger partial charge on any atom is -0.436 e. The van der Waals surface area contributed by atoms with E-state index in [1.165, 1.54) is 0 Å². The van der Waals surface area contributed by atoms with Crippen molar-refractivity contribution in [3.8, 4) is 11.6 Å². The van der Waals surface area contributed by atoms with Crippen molar-refractivity contribution in [1.82, 2.24) is 15.3 Å². The lowest BCUT2D eigenvalue weighted by atomic mass is 10.3. The average molecular weight is 292 g/mol. The summed E-state index contributed by atoms with van der Waals surface area (Å²) in [5, 5.41) is 3.81. The Morgan fingerprint density at radius 3 is 2.90 bits per heavy atom. The van der Waals surface area contributed by atoms with Gasteiger partial charge in [-0.05, 0) is 43.7 Å². The van der Waals surface area contributed by atoms with Crippen LogP contribution in [0.5, 0.6) is 11.6 Å². The fourth-order valence-electron chi connectivity index (χ4n) is 1.73. The Morgan fingerprint density at radius 1 is 1.35 bits per heavy atom. The van der Waals surface area contributed by atoms with E-state index in [4.69, 9.17) is 16.3 Å². The third-order valence-electron chi connectivity index (χ3n) is 2.79. The van der Waals surface area contributed by atoms with Crippen LogP contribution in [0.3, 0.4) is 0 Å². The van der Waals surface area contributed by atoms with Crippen LogP contribution in [0.15, 0.2) is 30.6 Å². The largest absolute Gasteiger partial charge is 0.436 e. The van der Waals surface area contributed by atoms with Crippen molar-refractivity contribution in [2.45, 2.75) is 26.8 Å². The SMILES string of the molecule is CCCNCc1cnc(Oc2cccnc2C)c(Cl)c1. The monoisotopic (exact) mass is 291 g/mol. The predicted molar refractivity (Wildman–Crippen MR) is 80.3 cm³/mol. The van der Waals surface area contributed by atoms with E-state index in [0.717, 1.165) is 30.8 Å². The van der Waals surface area contributed by atoms with Crippen LogP contribution in [-0.2, 0) is 6.54 Å². The number of ether oxygens (including phenoxy) is 1. The molecule has 0 aliphatic carbocycles. The summed E-state index contributed by atoms with van der Waals surface area (Å²) in [6.45, 7) is 5.75. The van der Waals surface area contributed by atoms with E-state index >= 15 is 0 Å². The molecule has 0 fully saturated rings. The number of rotatable bonds is 6. The molecule has 0 aromatic carbocycles. The lowest BCUT2D eigenvalue weighted by molar-refractivity contribution is 0.456. The Hall–Kier alpha value is -1.65. The van der Waals surface area contributed by atoms with Crippen LogP contribution in [0.1, 0.15) is 24.6 Å². The second-order valence-corrected chi connectivity index (χ2v) is 4.90. The smallest absolute Gasteiger partial charge is 0.238 e. The molecule has 0 aliphatic rings. The Balaban J connectivity index is 2.08. The first kappa shape index (κ1) is 14.8. The van der Waals surface area contributed by atoms with Gasteiger partial charge in [0.15, 0.2) is 5.75 Å². The van der Waals surface area contributed by atoms with Crippen LogP contribution in [0.4, 0.5) is 0 Å². The fourth-order valence-corrected chi connectivity index (χ4v) is 1.96. The molecule has 2 rings (SSSR count). The van der Waals surface area contributed by atoms with Gasteiger partial charge in [0.1, 0.15) is 5.02 Å². The Bertz CT molecular complexity index is 575. The molecule has 0 saturated heterocycles. The molecule has 1 N–H and O–H groups in total. The second kappa shape index (κ2) is 7.22. The third-order valence-corrected chi connectivity index (χ3v) is 3.06. The molecule has 4 nitrogen and oxygen atoms in total. The maximum Gasteiger partial charge on any atom is 0.238 e. The van der Waals surface area contributed by atoms with Gasteiger partial charge in [0, 0.05) is 18.9 Å². The number of hydrogen-bond donors (Lipinski definition) is 1. The topological polar surface area (TPSA) is 47.0 Å². The molecule has 0 atom stereocenters. The number of nitrogens with one attached hydrogen (secondary N) is 1. The van der Waals surface area contributed by atoms with Crippen LogP contribution in [-0.4, -0.2) is 16.5 Å². The Labute approximate surface area is 124 Å². The standard InChI is InChI=1S/C15H18ClN3O/c1-3-6-17-9-12-8-13(16)15(19-10-12)20-14-5-4-7-18-11(14)2/h4-5,7-8,10,17H,3,6,9H2,1-2H3. The summed E-state index contributed by atoms with van der Waals surface area (Å²) in [7, 11) is 0. The van der Waals surface area contributed by atoms with Gasteiger partial charge in [-0.2, -0.15) is 0 Å². The molecule has 106 valence electrons. The van der Waals surface area contributed by atoms with E-state index in [9.17, 15) is 0 Å². The molecular weight excluding hydrogens is 274 g/mol. The Kier molecular flexibility index (Phi) is 5.32. The molecule has 0 saturated carbocycles. The van der Waals surface area contributed by atoms with Gasteiger partial charge in [-0.25, -0.2) is 4.98 Å². The van der Waals surface area contributed by atoms with Gasteiger partial charge in [0.25, 0.3) is 0 Å². The molecular formula is C15H18ClN3O. The first-order valence-corrected chi connectivity index (χ1v) is 7.03. The Morgan fingerprint density at radius 2 is 2.20 bits per heavy atom. The van der Waals surface area contributed by atoms with Gasteiger partial charge in [-0.3, -0.25) is 4.98 Å². The van der Waals surface area contributed by atoms with Gasteiger partial charge in [0.05, 0.1) is 5.69 Å². The van der Waals surface area contributed by atoms with Gasteiger partial charge >= 0.3 is 0 Å². The minimum atomic E-state index is 0.405. The summed E-state index contributed by atoms with van der Waals surface area (Å²) in [6.07, 6.45) is 4.60. The molecule has 0 bridgehead atoms. The van der Waals surface area contributed by atoms with Crippen LogP contribution in [0, 0.1) is 6.92 Å². The highest BCUT2D eigenvalue weighted by Crippen LogP contribution is 2.28. The number of hydrogen-bond acceptors (Lipinski definition) is 4. The summed E-state index contributed by atoms with van der Waals surface area (Å²) in [6, 6.07) is 5.54. The first-order valence-electron chi connectivity index (χ1n) is 6.65. The fraction of sp³-hybridized carbons (Fsp3) is 0.333. The van der Waals surface area contributed by atoms with Crippen molar-refractivity contribution in [1.29, 1.82) is 0 Å². The highest BCUT2D eigenvalue weighted by atomic mass is 35.5. The number of halogens is 1. The zero-order valence-corrected chi connectivity index (χ0v) is 12.4. The second-order valence-electron chi connectivity index (χ2n) is 4.50. The van der Waals surface area contributed by atoms with Gasteiger partial charge in [0.2, 0.25) is 5.88 Å². The molecule has 5 heteroatoms. The van der Waals surface area contributed by atoms with E-state index in [0.29, 0.717) is 16.7 Å². The van der Waals surface area contributed by atoms with E-state index < -0.39 is 0 Å². The number of aryl methyl sites for hydroxylation is 1. The molecule has 0 spiro atoms. The summed E-state index contributed by atoms with van der Waals surface area (Å²) in [5.74, 6) is 1.07. The normalized spacial score (nSPS) is 10.6. The van der Waals surface area contributed by atoms with Crippen molar-refractivity contribution in [2.24, 2.45) is 0 Å². The highest BCUT2D eigenvalue weighted by molar-refractivity contribution is 6.31. The van der Waals surface area contributed by atoms with E-state index in [2.05, 4.69) is 22.2 Å². The average Bonchev–Trinajstić information content (AvgIpc) is 2.44. The molecule has 2 aromatic rings. The maximum atomic E-state index is 6.21. The van der Waals surface area contributed by atoms with Crippen LogP contribution in [0.25, 0.3) is 0 Å². The molecule has 0 radical (unpaired) electrons. The summed E-state index contributed by atoms with van der Waals surface area (Å²) in [5.41, 5.74) is 1.85. The molecule has 0 amide bonds. The van der Waals surface area contributed by atoms with Crippen molar-refractivity contribution in [3.63, 3.8) is 0 Å². The molecule has 2 heterocycles. The molecule has 0 aliphatic heterocycles. The molecule has 0 unspecified atom stereocenters. The van der Waals surface area contributed by atoms with Gasteiger partial charge in [-0.1, -0.05) is 18.5 Å². The van der Waals surface area contributed by atoms with Gasteiger partial charge < -0.3 is 10.1 Å². The number of pyridine rings is 2. The van der Waals surface area contributed by atoms with E-state index in [1.807, 2.05) is 25.1 Å². The van der Waals surface area contributed by atoms with Gasteiger partial charge in [-0.15, -0.1) is 0 Å². The van der Waals surface area contributed by atoms with E-state index in [1.54, 1.807) is 12.4 Å². The third kappa shape index (κ3) is 3.92. The summed E-state index contributed by atoms with van der Waals surface area (Å²) < 4.78 is 5.69. The zero-order valence-electron chi connectivity index (χ0n) is 11.7. The minimum absolute atomic E-state index is 0.405. The van der Waals surface area contributed by atoms with Crippen molar-refractivity contribution in [2.75, 3.05) is 6.54 Å². The van der Waals surface area contributed by atoms with Crippen molar-refractivity contribution < 1.29 is 4.74 Å². The number of aromatic nitrogens is 2. The molecule has 20 heavy (non-hydrogen) atoms. The molecule has 2 aromatic heterocycles. The zero-order chi connectivity index (χ0) is 14.4. The number of nitrogens with zero attached hydrogens (tertiary/aromatic N) is 2. The highest BCUT2D eigenvalue weighted by Gasteiger charge is 2.08. The summed E-state index contributed by atoms with van der Waals surface area (Å²) in [4.78, 5) is 8.44. The lowest BCUT2D eigenvalue weighted by Crippen LogP contribution is -2.13. The predicted octanol–water partition coefficient (Wildman–Crippen LogP) is 3.73. The lowest BCUT2D eigenvalue weighted by Gasteiger charge is -2.09. The van der Waals surface area contributed by atoms with Crippen LogP contribution >= 0.6 is 11.6 Å². The van der Waals surface area contributed by atoms with E-state index in [-0.39, 0.29) is 0 Å². The quantitative estimate of drug-likeness (QED) is 0.824. The first-order chi connectivity index (χ1) is 9.70. The van der Waals surface area contributed by atoms with Crippen molar-refractivity contribution >= 4 is 11.6 Å². The van der Waals surface area contributed by atoms with Crippen molar-refractivity contribution in [3.05, 3.63) is 46.9 Å².